The maximum Gasteiger partial charge on any atom is 0.278 e. The lowest BCUT2D eigenvalue weighted by molar-refractivity contribution is 0.00328. The third-order valence-electron chi connectivity index (χ3n) is 4.96. The number of imidazole rings is 1. The lowest BCUT2D eigenvalue weighted by Crippen LogP contribution is -2.20. The van der Waals surface area contributed by atoms with Gasteiger partial charge in [-0.25, -0.2) is 9.37 Å². The molecule has 2 aromatic heterocycles. The van der Waals surface area contributed by atoms with Gasteiger partial charge in [-0.3, -0.25) is 0 Å². The zero-order valence-corrected chi connectivity index (χ0v) is 15.6. The van der Waals surface area contributed by atoms with Crippen molar-refractivity contribution in [1.29, 1.82) is 0 Å². The van der Waals surface area contributed by atoms with Crippen LogP contribution in [0.5, 0.6) is 5.75 Å². The first-order valence-corrected chi connectivity index (χ1v) is 9.11. The zero-order valence-electron chi connectivity index (χ0n) is 15.6. The highest BCUT2D eigenvalue weighted by atomic mass is 19.1. The van der Waals surface area contributed by atoms with E-state index >= 15 is 0 Å². The van der Waals surface area contributed by atoms with E-state index in [-0.39, 0.29) is 23.4 Å². The van der Waals surface area contributed by atoms with Gasteiger partial charge in [0, 0.05) is 0 Å². The van der Waals surface area contributed by atoms with Crippen molar-refractivity contribution < 1.29 is 18.4 Å². The first-order valence-electron chi connectivity index (χ1n) is 9.11. The predicted molar refractivity (Wildman–Crippen MR) is 101 cm³/mol. The second-order valence-corrected chi connectivity index (χ2v) is 6.67. The maximum absolute atomic E-state index is 14.0. The molecule has 0 saturated carbocycles. The number of halogens is 1. The van der Waals surface area contributed by atoms with Crippen LogP contribution in [0.2, 0.25) is 0 Å². The summed E-state index contributed by atoms with van der Waals surface area (Å²) in [7, 11) is 1.64. The molecule has 3 heterocycles. The van der Waals surface area contributed by atoms with Gasteiger partial charge in [0.1, 0.15) is 17.7 Å². The zero-order chi connectivity index (χ0) is 19.8. The average Bonchev–Trinajstić information content (AvgIpc) is 3.40. The molecule has 0 bridgehead atoms. The van der Waals surface area contributed by atoms with Crippen LogP contribution in [0.3, 0.4) is 0 Å². The van der Waals surface area contributed by atoms with E-state index in [1.54, 1.807) is 31.6 Å². The summed E-state index contributed by atoms with van der Waals surface area (Å²) in [6.45, 7) is 0.965. The van der Waals surface area contributed by atoms with Crippen molar-refractivity contribution >= 4 is 0 Å². The van der Waals surface area contributed by atoms with E-state index in [1.807, 2.05) is 28.8 Å². The van der Waals surface area contributed by atoms with Crippen molar-refractivity contribution in [1.82, 2.24) is 19.7 Å². The van der Waals surface area contributed by atoms with E-state index < -0.39 is 5.82 Å². The summed E-state index contributed by atoms with van der Waals surface area (Å²) in [4.78, 5) is 8.75. The van der Waals surface area contributed by atoms with Crippen molar-refractivity contribution in [2.45, 2.75) is 19.3 Å². The van der Waals surface area contributed by atoms with E-state index in [2.05, 4.69) is 15.1 Å². The molecule has 1 aliphatic rings. The Kier molecular flexibility index (Phi) is 4.33. The summed E-state index contributed by atoms with van der Waals surface area (Å²) in [5.41, 5.74) is 2.74. The van der Waals surface area contributed by atoms with Crippen LogP contribution in [-0.4, -0.2) is 26.8 Å². The highest BCUT2D eigenvalue weighted by Gasteiger charge is 2.27. The number of benzene rings is 2. The molecule has 0 spiro atoms. The van der Waals surface area contributed by atoms with Crippen LogP contribution in [0.1, 0.15) is 17.4 Å². The number of hydrogen-bond acceptors (Lipinski definition) is 6. The molecule has 0 saturated heterocycles. The van der Waals surface area contributed by atoms with Gasteiger partial charge < -0.3 is 18.6 Å². The van der Waals surface area contributed by atoms with Gasteiger partial charge in [-0.15, -0.1) is 0 Å². The molecule has 0 fully saturated rings. The van der Waals surface area contributed by atoms with Gasteiger partial charge in [0.2, 0.25) is 5.82 Å². The molecule has 0 unspecified atom stereocenters. The topological polar surface area (TPSA) is 75.2 Å². The molecule has 0 amide bonds. The Hall–Kier alpha value is -3.52. The average molecular weight is 392 g/mol. The predicted octanol–water partition coefficient (Wildman–Crippen LogP) is 4.02. The highest BCUT2D eigenvalue weighted by Crippen LogP contribution is 2.32. The number of ether oxygens (including phenoxy) is 2. The van der Waals surface area contributed by atoms with Gasteiger partial charge in [0.05, 0.1) is 37.8 Å². The van der Waals surface area contributed by atoms with Crippen molar-refractivity contribution in [3.8, 4) is 28.7 Å². The summed E-state index contributed by atoms with van der Waals surface area (Å²) >= 11 is 0. The van der Waals surface area contributed by atoms with Gasteiger partial charge in [0.15, 0.2) is 5.69 Å². The normalized spacial score (nSPS) is 15.9. The van der Waals surface area contributed by atoms with E-state index in [1.165, 1.54) is 6.07 Å². The number of nitrogens with zero attached hydrogens (tertiary/aromatic N) is 4. The van der Waals surface area contributed by atoms with Crippen molar-refractivity contribution in [2.24, 2.45) is 0 Å². The Morgan fingerprint density at radius 2 is 1.97 bits per heavy atom. The van der Waals surface area contributed by atoms with Crippen LogP contribution in [0, 0.1) is 5.82 Å². The fourth-order valence-corrected chi connectivity index (χ4v) is 3.40. The third kappa shape index (κ3) is 3.17. The van der Waals surface area contributed by atoms with Crippen LogP contribution in [0.25, 0.3) is 23.0 Å². The van der Waals surface area contributed by atoms with Crippen LogP contribution in [-0.2, 0) is 17.9 Å². The molecule has 146 valence electrons. The molecular formula is C21H17FN4O3. The van der Waals surface area contributed by atoms with Crippen molar-refractivity contribution in [3.05, 3.63) is 71.9 Å². The number of methoxy groups -OCH3 is 1. The Morgan fingerprint density at radius 1 is 1.14 bits per heavy atom. The monoisotopic (exact) mass is 392 g/mol. The highest BCUT2D eigenvalue weighted by molar-refractivity contribution is 5.59. The molecule has 1 aliphatic heterocycles. The number of aromatic nitrogens is 4. The molecule has 8 heteroatoms. The summed E-state index contributed by atoms with van der Waals surface area (Å²) in [6.07, 6.45) is 1.64. The second-order valence-electron chi connectivity index (χ2n) is 6.67. The van der Waals surface area contributed by atoms with Gasteiger partial charge in [-0.1, -0.05) is 29.4 Å². The molecule has 5 rings (SSSR count). The summed E-state index contributed by atoms with van der Waals surface area (Å²) in [5, 5.41) is 3.90. The minimum Gasteiger partial charge on any atom is -0.497 e. The van der Waals surface area contributed by atoms with Crippen LogP contribution in [0.15, 0.2) is 59.4 Å². The third-order valence-corrected chi connectivity index (χ3v) is 4.96. The fraction of sp³-hybridized carbons (Fsp3) is 0.190. The Labute approximate surface area is 165 Å². The van der Waals surface area contributed by atoms with E-state index in [0.29, 0.717) is 18.8 Å². The molecular weight excluding hydrogens is 375 g/mol. The first-order chi connectivity index (χ1) is 14.2. The number of fused-ring (bicyclic) bond motifs is 1. The van der Waals surface area contributed by atoms with E-state index in [9.17, 15) is 4.39 Å². The molecule has 29 heavy (non-hydrogen) atoms. The SMILES string of the molecule is COc1ccc([C@H]2Cn3cnc(-c4nc(-c5ccccc5F)no4)c3CO2)cc1. The standard InChI is InChI=1S/C21H17FN4O3/c1-27-14-8-6-13(7-9-14)18-10-26-12-23-19(17(26)11-28-18)21-24-20(25-29-21)15-4-2-3-5-16(15)22/h2-9,12,18H,10-11H2,1H3/t18-/m1/s1. The van der Waals surface area contributed by atoms with Gasteiger partial charge in [0.25, 0.3) is 5.89 Å². The Balaban J connectivity index is 1.40. The van der Waals surface area contributed by atoms with Gasteiger partial charge in [-0.2, -0.15) is 4.98 Å². The molecule has 0 aliphatic carbocycles. The quantitative estimate of drug-likeness (QED) is 0.522. The van der Waals surface area contributed by atoms with E-state index in [4.69, 9.17) is 14.0 Å². The van der Waals surface area contributed by atoms with Gasteiger partial charge in [-0.05, 0) is 29.8 Å². The summed E-state index contributed by atoms with van der Waals surface area (Å²) < 4.78 is 32.6. The lowest BCUT2D eigenvalue weighted by Gasteiger charge is -2.25. The smallest absolute Gasteiger partial charge is 0.278 e. The minimum absolute atomic E-state index is 0.0906. The molecule has 1 atom stereocenters. The molecule has 7 nitrogen and oxygen atoms in total. The molecule has 4 aromatic rings. The first kappa shape index (κ1) is 17.6. The fourth-order valence-electron chi connectivity index (χ4n) is 3.40. The Morgan fingerprint density at radius 3 is 2.76 bits per heavy atom. The minimum atomic E-state index is -0.405. The second kappa shape index (κ2) is 7.14. The van der Waals surface area contributed by atoms with Crippen molar-refractivity contribution in [3.63, 3.8) is 0 Å². The van der Waals surface area contributed by atoms with Crippen LogP contribution >= 0.6 is 0 Å². The number of rotatable bonds is 4. The van der Waals surface area contributed by atoms with Crippen LogP contribution < -0.4 is 4.74 Å². The van der Waals surface area contributed by atoms with Gasteiger partial charge >= 0.3 is 0 Å². The molecule has 0 N–H and O–H groups in total. The largest absolute Gasteiger partial charge is 0.497 e. The van der Waals surface area contributed by atoms with Crippen molar-refractivity contribution in [2.75, 3.05) is 7.11 Å². The molecule has 0 radical (unpaired) electrons. The molecule has 2 aromatic carbocycles. The number of hydrogen-bond donors (Lipinski definition) is 0. The summed E-state index contributed by atoms with van der Waals surface area (Å²) in [6, 6.07) is 14.1. The summed E-state index contributed by atoms with van der Waals surface area (Å²) in [5.74, 6) is 0.825. The van der Waals surface area contributed by atoms with Crippen LogP contribution in [0.4, 0.5) is 4.39 Å². The maximum atomic E-state index is 14.0. The lowest BCUT2D eigenvalue weighted by atomic mass is 10.1. The Bertz CT molecular complexity index is 1150. The van der Waals surface area contributed by atoms with E-state index in [0.717, 1.165) is 17.0 Å².